The number of nitrogens with one attached hydrogen (secondary N) is 1. The fraction of sp³-hybridized carbons (Fsp3) is 0. The van der Waals surface area contributed by atoms with Gasteiger partial charge in [-0.2, -0.15) is 0 Å². The third-order valence-electron chi connectivity index (χ3n) is 2.90. The summed E-state index contributed by atoms with van der Waals surface area (Å²) < 4.78 is 1.83. The second kappa shape index (κ2) is 5.05. The fourth-order valence-corrected chi connectivity index (χ4v) is 2.91. The first kappa shape index (κ1) is 12.8. The predicted octanol–water partition coefficient (Wildman–Crippen LogP) is 4.16. The average Bonchev–Trinajstić information content (AvgIpc) is 2.84. The number of aromatic nitrogens is 2. The summed E-state index contributed by atoms with van der Waals surface area (Å²) in [6.07, 6.45) is 5.16. The van der Waals surface area contributed by atoms with E-state index in [0.29, 0.717) is 11.1 Å². The minimum atomic E-state index is 0.00458. The van der Waals surface area contributed by atoms with Gasteiger partial charge in [0.1, 0.15) is 0 Å². The number of ketones is 1. The predicted molar refractivity (Wildman–Crippen MR) is 86.4 cm³/mol. The molecule has 0 radical (unpaired) electrons. The Hall–Kier alpha value is -1.21. The maximum absolute atomic E-state index is 12.6. The van der Waals surface area contributed by atoms with Crippen molar-refractivity contribution in [3.05, 3.63) is 62.0 Å². The highest BCUT2D eigenvalue weighted by Crippen LogP contribution is 2.24. The summed E-state index contributed by atoms with van der Waals surface area (Å²) in [6.45, 7) is 0. The molecule has 0 amide bonds. The Morgan fingerprint density at radius 3 is 2.95 bits per heavy atom. The van der Waals surface area contributed by atoms with Crippen LogP contribution in [-0.2, 0) is 0 Å². The zero-order valence-corrected chi connectivity index (χ0v) is 13.4. The van der Waals surface area contributed by atoms with E-state index >= 15 is 0 Å². The van der Waals surface area contributed by atoms with Crippen LogP contribution < -0.4 is 0 Å². The molecule has 0 aliphatic rings. The first-order chi connectivity index (χ1) is 9.16. The largest absolute Gasteiger partial charge is 0.360 e. The van der Waals surface area contributed by atoms with E-state index in [1.54, 1.807) is 18.6 Å². The normalized spacial score (nSPS) is 10.8. The molecule has 1 aromatic carbocycles. The highest BCUT2D eigenvalue weighted by atomic mass is 127. The molecule has 2 aromatic heterocycles. The lowest BCUT2D eigenvalue weighted by molar-refractivity contribution is 0.103. The Bertz CT molecular complexity index is 782. The molecule has 0 fully saturated rings. The quantitative estimate of drug-likeness (QED) is 0.494. The number of rotatable bonds is 2. The molecule has 0 aliphatic carbocycles. The maximum Gasteiger partial charge on any atom is 0.196 e. The number of pyridine rings is 1. The smallest absolute Gasteiger partial charge is 0.196 e. The summed E-state index contributed by atoms with van der Waals surface area (Å²) in [4.78, 5) is 19.8. The summed E-state index contributed by atoms with van der Waals surface area (Å²) in [5.74, 6) is 0.00458. The van der Waals surface area contributed by atoms with E-state index in [-0.39, 0.29) is 5.78 Å². The molecule has 19 heavy (non-hydrogen) atoms. The Morgan fingerprint density at radius 1 is 1.26 bits per heavy atom. The van der Waals surface area contributed by atoms with Crippen molar-refractivity contribution in [3.8, 4) is 0 Å². The molecular weight excluding hydrogens is 419 g/mol. The van der Waals surface area contributed by atoms with E-state index in [1.165, 1.54) is 0 Å². The number of aromatic amines is 1. The van der Waals surface area contributed by atoms with Crippen molar-refractivity contribution in [1.29, 1.82) is 0 Å². The van der Waals surface area contributed by atoms with Gasteiger partial charge in [-0.3, -0.25) is 9.78 Å². The summed E-state index contributed by atoms with van der Waals surface area (Å²) in [7, 11) is 0. The molecule has 3 rings (SSSR count). The lowest BCUT2D eigenvalue weighted by atomic mass is 10.0. The molecule has 0 atom stereocenters. The van der Waals surface area contributed by atoms with Crippen LogP contribution in [0.4, 0.5) is 0 Å². The lowest BCUT2D eigenvalue weighted by Crippen LogP contribution is -2.03. The molecule has 0 aliphatic heterocycles. The molecule has 2 heterocycles. The topological polar surface area (TPSA) is 45.8 Å². The Balaban J connectivity index is 2.16. The van der Waals surface area contributed by atoms with Gasteiger partial charge in [0.2, 0.25) is 0 Å². The van der Waals surface area contributed by atoms with Crippen LogP contribution in [0.25, 0.3) is 10.9 Å². The summed E-state index contributed by atoms with van der Waals surface area (Å²) >= 11 is 5.58. The van der Waals surface area contributed by atoms with Crippen molar-refractivity contribution in [2.75, 3.05) is 0 Å². The van der Waals surface area contributed by atoms with Crippen molar-refractivity contribution in [2.24, 2.45) is 0 Å². The number of benzene rings is 1. The monoisotopic (exact) mass is 426 g/mol. The van der Waals surface area contributed by atoms with Gasteiger partial charge in [-0.15, -0.1) is 0 Å². The molecule has 3 nitrogen and oxygen atoms in total. The van der Waals surface area contributed by atoms with Gasteiger partial charge in [0.15, 0.2) is 5.78 Å². The Labute approximate surface area is 131 Å². The SMILES string of the molecule is O=C(c1cc(Br)ccc1I)c1c[nH]c2ccncc12. The number of hydrogen-bond donors (Lipinski definition) is 1. The van der Waals surface area contributed by atoms with E-state index in [2.05, 4.69) is 48.5 Å². The van der Waals surface area contributed by atoms with Crippen LogP contribution in [0.1, 0.15) is 15.9 Å². The van der Waals surface area contributed by atoms with Crippen LogP contribution in [0.3, 0.4) is 0 Å². The van der Waals surface area contributed by atoms with E-state index in [1.807, 2.05) is 24.3 Å². The van der Waals surface area contributed by atoms with Gasteiger partial charge in [0.05, 0.1) is 0 Å². The highest BCUT2D eigenvalue weighted by Gasteiger charge is 2.16. The van der Waals surface area contributed by atoms with Crippen molar-refractivity contribution in [2.45, 2.75) is 0 Å². The summed E-state index contributed by atoms with van der Waals surface area (Å²) in [6, 6.07) is 7.55. The van der Waals surface area contributed by atoms with E-state index in [4.69, 9.17) is 0 Å². The second-order valence-electron chi connectivity index (χ2n) is 4.08. The van der Waals surface area contributed by atoms with Gasteiger partial charge in [-0.1, -0.05) is 15.9 Å². The van der Waals surface area contributed by atoms with Crippen LogP contribution >= 0.6 is 38.5 Å². The first-order valence-electron chi connectivity index (χ1n) is 5.57. The molecule has 0 bridgehead atoms. The van der Waals surface area contributed by atoms with Gasteiger partial charge in [-0.25, -0.2) is 0 Å². The van der Waals surface area contributed by atoms with Crippen molar-refractivity contribution < 1.29 is 4.79 Å². The van der Waals surface area contributed by atoms with E-state index < -0.39 is 0 Å². The molecule has 1 N–H and O–H groups in total. The van der Waals surface area contributed by atoms with Crippen LogP contribution in [0.15, 0.2) is 47.3 Å². The molecular formula is C14H8BrIN2O. The number of fused-ring (bicyclic) bond motifs is 1. The highest BCUT2D eigenvalue weighted by molar-refractivity contribution is 14.1. The third-order valence-corrected chi connectivity index (χ3v) is 4.33. The summed E-state index contributed by atoms with van der Waals surface area (Å²) in [5, 5.41) is 0.850. The standard InChI is InChI=1S/C14H8BrIN2O/c15-8-1-2-12(16)9(5-8)14(19)11-7-18-13-3-4-17-6-10(11)13/h1-7,18H. The van der Waals surface area contributed by atoms with E-state index in [9.17, 15) is 4.79 Å². The van der Waals surface area contributed by atoms with E-state index in [0.717, 1.165) is 18.9 Å². The number of carbonyl (C=O) groups is 1. The lowest BCUT2D eigenvalue weighted by Gasteiger charge is -2.03. The molecule has 0 spiro atoms. The van der Waals surface area contributed by atoms with Gasteiger partial charge in [-0.05, 0) is 46.9 Å². The number of halogens is 2. The zero-order valence-electron chi connectivity index (χ0n) is 9.65. The van der Waals surface area contributed by atoms with Gasteiger partial charge >= 0.3 is 0 Å². The summed E-state index contributed by atoms with van der Waals surface area (Å²) in [5.41, 5.74) is 2.27. The second-order valence-corrected chi connectivity index (χ2v) is 6.15. The molecule has 0 saturated carbocycles. The van der Waals surface area contributed by atoms with Crippen LogP contribution in [0.5, 0.6) is 0 Å². The number of hydrogen-bond acceptors (Lipinski definition) is 2. The zero-order chi connectivity index (χ0) is 13.4. The van der Waals surface area contributed by atoms with Crippen LogP contribution in [-0.4, -0.2) is 15.8 Å². The minimum absolute atomic E-state index is 0.00458. The average molecular weight is 427 g/mol. The first-order valence-corrected chi connectivity index (χ1v) is 7.45. The molecule has 5 heteroatoms. The van der Waals surface area contributed by atoms with Gasteiger partial charge in [0, 0.05) is 48.7 Å². The Morgan fingerprint density at radius 2 is 2.11 bits per heavy atom. The van der Waals surface area contributed by atoms with Crippen LogP contribution in [0, 0.1) is 3.57 Å². The third kappa shape index (κ3) is 2.32. The number of nitrogens with zero attached hydrogens (tertiary/aromatic N) is 1. The van der Waals surface area contributed by atoms with Gasteiger partial charge < -0.3 is 4.98 Å². The number of H-pyrrole nitrogens is 1. The molecule has 94 valence electrons. The van der Waals surface area contributed by atoms with Crippen LogP contribution in [0.2, 0.25) is 0 Å². The van der Waals surface area contributed by atoms with Gasteiger partial charge in [0.25, 0.3) is 0 Å². The molecule has 0 saturated heterocycles. The van der Waals surface area contributed by atoms with Crippen molar-refractivity contribution in [1.82, 2.24) is 9.97 Å². The Kier molecular flexibility index (Phi) is 3.40. The maximum atomic E-state index is 12.6. The van der Waals surface area contributed by atoms with Crippen molar-refractivity contribution >= 4 is 55.2 Å². The number of carbonyl (C=O) groups excluding carboxylic acids is 1. The molecule has 0 unspecified atom stereocenters. The molecule has 3 aromatic rings. The fourth-order valence-electron chi connectivity index (χ4n) is 1.97. The minimum Gasteiger partial charge on any atom is -0.360 e. The van der Waals surface area contributed by atoms with Crippen molar-refractivity contribution in [3.63, 3.8) is 0 Å².